The molecule has 0 aromatic heterocycles. The van der Waals surface area contributed by atoms with Gasteiger partial charge in [-0.25, -0.2) is 0 Å². The summed E-state index contributed by atoms with van der Waals surface area (Å²) < 4.78 is 12.0. The Morgan fingerprint density at radius 3 is 2.43 bits per heavy atom. The number of aryl methyl sites for hydroxylation is 1. The Labute approximate surface area is 139 Å². The van der Waals surface area contributed by atoms with E-state index < -0.39 is 5.79 Å². The highest BCUT2D eigenvalue weighted by molar-refractivity contribution is 5.78. The zero-order valence-corrected chi connectivity index (χ0v) is 15.0. The van der Waals surface area contributed by atoms with Crippen molar-refractivity contribution < 1.29 is 9.47 Å². The van der Waals surface area contributed by atoms with Gasteiger partial charge in [0.25, 0.3) is 0 Å². The molecule has 1 saturated heterocycles. The van der Waals surface area contributed by atoms with Crippen molar-refractivity contribution in [3.05, 3.63) is 41.0 Å². The molecule has 2 nitrogen and oxygen atoms in total. The number of rotatable bonds is 0. The summed E-state index contributed by atoms with van der Waals surface area (Å²) >= 11 is 0. The molecule has 0 N–H and O–H groups in total. The van der Waals surface area contributed by atoms with E-state index in [1.165, 1.54) is 16.7 Å². The van der Waals surface area contributed by atoms with Crippen LogP contribution in [0.4, 0.5) is 0 Å². The third kappa shape index (κ3) is 2.30. The van der Waals surface area contributed by atoms with Crippen molar-refractivity contribution in [3.8, 4) is 0 Å². The normalized spacial score (nSPS) is 29.8. The number of benzene rings is 1. The summed E-state index contributed by atoms with van der Waals surface area (Å²) in [5.41, 5.74) is 6.24. The van der Waals surface area contributed by atoms with Crippen LogP contribution < -0.4 is 0 Å². The van der Waals surface area contributed by atoms with Crippen LogP contribution in [0.25, 0.3) is 5.57 Å². The second kappa shape index (κ2) is 4.70. The van der Waals surface area contributed by atoms with E-state index in [2.05, 4.69) is 45.0 Å². The van der Waals surface area contributed by atoms with Crippen LogP contribution in [0.5, 0.6) is 0 Å². The molecule has 1 aromatic rings. The molecule has 1 spiro atoms. The van der Waals surface area contributed by atoms with E-state index in [0.29, 0.717) is 5.92 Å². The smallest absolute Gasteiger partial charge is 0.162 e. The third-order valence-corrected chi connectivity index (χ3v) is 6.27. The monoisotopic (exact) mass is 312 g/mol. The number of hydrogen-bond acceptors (Lipinski definition) is 2. The van der Waals surface area contributed by atoms with Crippen LogP contribution in [0, 0.1) is 18.3 Å². The van der Waals surface area contributed by atoms with Crippen LogP contribution in [0.15, 0.2) is 24.3 Å². The fraction of sp³-hybridized carbons (Fsp3) is 0.619. The number of hydrogen-bond donors (Lipinski definition) is 0. The predicted octanol–water partition coefficient (Wildman–Crippen LogP) is 4.85. The summed E-state index contributed by atoms with van der Waals surface area (Å²) in [6.07, 6.45) is 4.70. The van der Waals surface area contributed by atoms with Gasteiger partial charge in [-0.05, 0) is 61.6 Å². The van der Waals surface area contributed by atoms with Crippen LogP contribution in [0.2, 0.25) is 0 Å². The van der Waals surface area contributed by atoms with Gasteiger partial charge in [-0.2, -0.15) is 0 Å². The lowest BCUT2D eigenvalue weighted by atomic mass is 9.64. The lowest BCUT2D eigenvalue weighted by molar-refractivity contribution is -0.288. The first kappa shape index (κ1) is 15.4. The molecule has 0 saturated carbocycles. The Morgan fingerprint density at radius 1 is 1.04 bits per heavy atom. The SMILES string of the molecule is Cc1ccc2c(c1)C(C)(C)C1CC3(CC=C21)COC(C)(C)OC3. The summed E-state index contributed by atoms with van der Waals surface area (Å²) in [4.78, 5) is 0. The van der Waals surface area contributed by atoms with Crippen molar-refractivity contribution in [2.45, 2.75) is 58.7 Å². The van der Waals surface area contributed by atoms with Gasteiger partial charge in [0.2, 0.25) is 0 Å². The minimum absolute atomic E-state index is 0.151. The van der Waals surface area contributed by atoms with Crippen LogP contribution in [0.1, 0.15) is 57.2 Å². The zero-order chi connectivity index (χ0) is 16.5. The van der Waals surface area contributed by atoms with Crippen molar-refractivity contribution in [2.75, 3.05) is 13.2 Å². The first-order valence-electron chi connectivity index (χ1n) is 8.82. The molecule has 1 atom stereocenters. The van der Waals surface area contributed by atoms with E-state index >= 15 is 0 Å². The number of allylic oxidation sites excluding steroid dienone is 2. The van der Waals surface area contributed by atoms with Gasteiger partial charge < -0.3 is 9.47 Å². The van der Waals surface area contributed by atoms with Gasteiger partial charge in [0.1, 0.15) is 0 Å². The maximum absolute atomic E-state index is 6.02. The average molecular weight is 312 g/mol. The molecule has 1 unspecified atom stereocenters. The summed E-state index contributed by atoms with van der Waals surface area (Å²) in [6.45, 7) is 12.7. The lowest BCUT2D eigenvalue weighted by Gasteiger charge is -2.48. The topological polar surface area (TPSA) is 18.5 Å². The van der Waals surface area contributed by atoms with Gasteiger partial charge in [-0.15, -0.1) is 0 Å². The third-order valence-electron chi connectivity index (χ3n) is 6.27. The fourth-order valence-corrected chi connectivity index (χ4v) is 4.64. The first-order valence-corrected chi connectivity index (χ1v) is 8.82. The molecular weight excluding hydrogens is 284 g/mol. The zero-order valence-electron chi connectivity index (χ0n) is 15.0. The summed E-state index contributed by atoms with van der Waals surface area (Å²) in [6, 6.07) is 6.96. The molecule has 124 valence electrons. The van der Waals surface area contributed by atoms with Gasteiger partial charge in [0.15, 0.2) is 5.79 Å². The molecule has 2 heteroatoms. The molecule has 1 fully saturated rings. The molecular formula is C21H28O2. The largest absolute Gasteiger partial charge is 0.350 e. The molecule has 0 radical (unpaired) electrons. The Morgan fingerprint density at radius 2 is 1.74 bits per heavy atom. The van der Waals surface area contributed by atoms with E-state index in [0.717, 1.165) is 26.1 Å². The number of ether oxygens (including phenoxy) is 2. The second-order valence-corrected chi connectivity index (χ2v) is 8.87. The van der Waals surface area contributed by atoms with E-state index in [-0.39, 0.29) is 10.8 Å². The quantitative estimate of drug-likeness (QED) is 0.682. The Hall–Kier alpha value is -1.12. The van der Waals surface area contributed by atoms with Crippen molar-refractivity contribution in [1.29, 1.82) is 0 Å². The van der Waals surface area contributed by atoms with Gasteiger partial charge >= 0.3 is 0 Å². The van der Waals surface area contributed by atoms with Gasteiger partial charge in [-0.3, -0.25) is 0 Å². The maximum Gasteiger partial charge on any atom is 0.162 e. The van der Waals surface area contributed by atoms with Gasteiger partial charge in [0.05, 0.1) is 13.2 Å². The van der Waals surface area contributed by atoms with Crippen LogP contribution in [0.3, 0.4) is 0 Å². The lowest BCUT2D eigenvalue weighted by Crippen LogP contribution is -2.49. The molecule has 3 aliphatic rings. The molecule has 1 aliphatic heterocycles. The summed E-state index contributed by atoms with van der Waals surface area (Å²) in [5, 5.41) is 0. The minimum Gasteiger partial charge on any atom is -0.350 e. The molecule has 23 heavy (non-hydrogen) atoms. The van der Waals surface area contributed by atoms with Crippen LogP contribution >= 0.6 is 0 Å². The Balaban J connectivity index is 1.70. The van der Waals surface area contributed by atoms with Crippen LogP contribution in [-0.4, -0.2) is 19.0 Å². The minimum atomic E-state index is -0.430. The first-order chi connectivity index (χ1) is 10.7. The predicted molar refractivity (Wildman–Crippen MR) is 93.3 cm³/mol. The highest BCUT2D eigenvalue weighted by atomic mass is 16.7. The Bertz CT molecular complexity index is 671. The second-order valence-electron chi connectivity index (χ2n) is 8.87. The molecule has 0 amide bonds. The van der Waals surface area contributed by atoms with Crippen LogP contribution in [-0.2, 0) is 14.9 Å². The maximum atomic E-state index is 6.02. The fourth-order valence-electron chi connectivity index (χ4n) is 4.64. The van der Waals surface area contributed by atoms with E-state index in [1.54, 1.807) is 5.57 Å². The molecule has 1 aromatic carbocycles. The van der Waals surface area contributed by atoms with Gasteiger partial charge in [-0.1, -0.05) is 43.7 Å². The molecule has 1 heterocycles. The average Bonchev–Trinajstić information content (AvgIpc) is 2.71. The van der Waals surface area contributed by atoms with E-state index in [9.17, 15) is 0 Å². The highest BCUT2D eigenvalue weighted by Crippen LogP contribution is 2.58. The van der Waals surface area contributed by atoms with E-state index in [1.807, 2.05) is 13.8 Å². The molecule has 0 bridgehead atoms. The Kier molecular flexibility index (Phi) is 3.15. The standard InChI is InChI=1S/C21H28O2/c1-14-6-7-15-16-8-9-21(12-22-20(4,5)23-13-21)11-18(16)19(2,3)17(15)10-14/h6-8,10,18H,9,11-13H2,1-5H3. The highest BCUT2D eigenvalue weighted by Gasteiger charge is 2.51. The van der Waals surface area contributed by atoms with Crippen molar-refractivity contribution in [1.82, 2.24) is 0 Å². The number of fused-ring (bicyclic) bond motifs is 3. The summed E-state index contributed by atoms with van der Waals surface area (Å²) in [7, 11) is 0. The van der Waals surface area contributed by atoms with Crippen molar-refractivity contribution >= 4 is 5.57 Å². The van der Waals surface area contributed by atoms with Crippen molar-refractivity contribution in [3.63, 3.8) is 0 Å². The molecule has 2 aliphatic carbocycles. The van der Waals surface area contributed by atoms with Gasteiger partial charge in [0, 0.05) is 5.41 Å². The molecule has 4 rings (SSSR count). The van der Waals surface area contributed by atoms with Crippen molar-refractivity contribution in [2.24, 2.45) is 11.3 Å². The summed E-state index contributed by atoms with van der Waals surface area (Å²) in [5.74, 6) is 0.141. The van der Waals surface area contributed by atoms with E-state index in [4.69, 9.17) is 9.47 Å².